The lowest BCUT2D eigenvalue weighted by Gasteiger charge is -2.23. The molecule has 3 rings (SSSR count). The van der Waals surface area contributed by atoms with E-state index in [1.807, 2.05) is 36.4 Å². The Morgan fingerprint density at radius 1 is 1.10 bits per heavy atom. The highest BCUT2D eigenvalue weighted by Crippen LogP contribution is 2.41. The summed E-state index contributed by atoms with van der Waals surface area (Å²) in [6.07, 6.45) is 1.93. The molecule has 2 aromatic carbocycles. The second-order valence-electron chi connectivity index (χ2n) is 7.83. The van der Waals surface area contributed by atoms with Crippen molar-refractivity contribution in [2.75, 3.05) is 5.75 Å². The van der Waals surface area contributed by atoms with Gasteiger partial charge in [-0.1, -0.05) is 53.5 Å². The third-order valence-corrected chi connectivity index (χ3v) is 7.90. The molecule has 2 N–H and O–H groups in total. The van der Waals surface area contributed by atoms with Crippen molar-refractivity contribution in [2.45, 2.75) is 42.9 Å². The highest BCUT2D eigenvalue weighted by atomic mass is 35.5. The summed E-state index contributed by atoms with van der Waals surface area (Å²) < 4.78 is 0. The Labute approximate surface area is 196 Å². The Morgan fingerprint density at radius 2 is 1.87 bits per heavy atom. The van der Waals surface area contributed by atoms with Crippen LogP contribution in [0.4, 0.5) is 0 Å². The van der Waals surface area contributed by atoms with Crippen molar-refractivity contribution in [2.24, 2.45) is 11.8 Å². The smallest absolute Gasteiger partial charge is 0.307 e. The third kappa shape index (κ3) is 6.54. The minimum atomic E-state index is -0.829. The predicted octanol–water partition coefficient (Wildman–Crippen LogP) is 6.09. The molecule has 4 atom stereocenters. The molecule has 0 radical (unpaired) electrons. The van der Waals surface area contributed by atoms with Gasteiger partial charge in [0.15, 0.2) is 0 Å². The van der Waals surface area contributed by atoms with Crippen LogP contribution in [0.2, 0.25) is 10.0 Å². The number of benzene rings is 2. The predicted molar refractivity (Wildman–Crippen MR) is 126 cm³/mol. The fraction of sp³-hybridized carbons (Fsp3) is 0.435. The Morgan fingerprint density at radius 3 is 2.60 bits per heavy atom. The molecule has 0 aromatic heterocycles. The Hall–Kier alpha value is -0.910. The molecule has 0 unspecified atom stereocenters. The van der Waals surface area contributed by atoms with Gasteiger partial charge in [0, 0.05) is 21.2 Å². The minimum Gasteiger partial charge on any atom is -0.481 e. The van der Waals surface area contributed by atoms with Crippen LogP contribution in [0, 0.1) is 11.8 Å². The first-order valence-corrected chi connectivity index (χ1v) is 12.3. The summed E-state index contributed by atoms with van der Waals surface area (Å²) in [6.45, 7) is 0. The topological polar surface area (TPSA) is 57.5 Å². The summed E-state index contributed by atoms with van der Waals surface area (Å²) in [6, 6.07) is 13.2. The molecular weight excluding hydrogens is 463 g/mol. The summed E-state index contributed by atoms with van der Waals surface area (Å²) in [5.41, 5.74) is 2.95. The van der Waals surface area contributed by atoms with Crippen LogP contribution in [-0.2, 0) is 23.4 Å². The van der Waals surface area contributed by atoms with Crippen molar-refractivity contribution in [3.8, 4) is 0 Å². The zero-order chi connectivity index (χ0) is 21.7. The van der Waals surface area contributed by atoms with Gasteiger partial charge in [-0.15, -0.1) is 11.6 Å². The maximum absolute atomic E-state index is 10.9. The van der Waals surface area contributed by atoms with Gasteiger partial charge in [-0.3, -0.25) is 4.79 Å². The quantitative estimate of drug-likeness (QED) is 0.420. The minimum absolute atomic E-state index is 0.0284. The standard InChI is InChI=1S/C23H25Cl3O3S/c24-17-6-5-16(20(25)10-17)12-30-13-19-18(21(26)11-22(19)27)7-4-14-2-1-3-15(8-14)9-23(28)29/h1-3,5-6,8,10,18-19,21-22,27H,4,7,9,11-13H2,(H,28,29)/t18-,19-,21-,22-/m1/s1. The molecule has 0 spiro atoms. The van der Waals surface area contributed by atoms with Crippen LogP contribution >= 0.6 is 46.6 Å². The normalized spacial score (nSPS) is 23.6. The molecular formula is C23H25Cl3O3S. The maximum Gasteiger partial charge on any atom is 0.307 e. The van der Waals surface area contributed by atoms with Crippen molar-refractivity contribution < 1.29 is 15.0 Å². The molecule has 0 aliphatic heterocycles. The zero-order valence-electron chi connectivity index (χ0n) is 16.4. The summed E-state index contributed by atoms with van der Waals surface area (Å²) >= 11 is 20.6. The number of halogens is 3. The number of thioether (sulfide) groups is 1. The van der Waals surface area contributed by atoms with Crippen LogP contribution < -0.4 is 0 Å². The van der Waals surface area contributed by atoms with E-state index in [0.29, 0.717) is 16.5 Å². The average molecular weight is 488 g/mol. The number of aryl methyl sites for hydroxylation is 1. The number of alkyl halides is 1. The molecule has 30 heavy (non-hydrogen) atoms. The second kappa shape index (κ2) is 11.1. The van der Waals surface area contributed by atoms with Gasteiger partial charge in [0.2, 0.25) is 0 Å². The molecule has 1 aliphatic rings. The van der Waals surface area contributed by atoms with Crippen LogP contribution in [0.25, 0.3) is 0 Å². The molecule has 1 saturated carbocycles. The SMILES string of the molecule is O=C(O)Cc1cccc(CC[C@@H]2[C@@H](CSCc3ccc(Cl)cc3Cl)[C@H](O)C[C@H]2Cl)c1. The molecule has 1 fully saturated rings. The molecule has 0 saturated heterocycles. The first-order chi connectivity index (χ1) is 14.3. The Balaban J connectivity index is 1.57. The van der Waals surface area contributed by atoms with E-state index >= 15 is 0 Å². The molecule has 3 nitrogen and oxygen atoms in total. The van der Waals surface area contributed by atoms with Crippen molar-refractivity contribution in [1.29, 1.82) is 0 Å². The lowest BCUT2D eigenvalue weighted by atomic mass is 9.90. The number of carboxylic acids is 1. The first-order valence-electron chi connectivity index (χ1n) is 9.97. The number of rotatable bonds is 9. The summed E-state index contributed by atoms with van der Waals surface area (Å²) in [7, 11) is 0. The van der Waals surface area contributed by atoms with Crippen molar-refractivity contribution in [3.05, 3.63) is 69.2 Å². The second-order valence-corrected chi connectivity index (χ2v) is 10.3. The molecule has 162 valence electrons. The van der Waals surface area contributed by atoms with E-state index in [4.69, 9.17) is 39.9 Å². The zero-order valence-corrected chi connectivity index (χ0v) is 19.5. The van der Waals surface area contributed by atoms with E-state index in [9.17, 15) is 9.90 Å². The number of aliphatic carboxylic acids is 1. The van der Waals surface area contributed by atoms with Crippen LogP contribution in [0.15, 0.2) is 42.5 Å². The number of hydrogen-bond donors (Lipinski definition) is 2. The van der Waals surface area contributed by atoms with Crippen LogP contribution in [0.5, 0.6) is 0 Å². The summed E-state index contributed by atoms with van der Waals surface area (Å²) in [4.78, 5) is 10.9. The molecule has 7 heteroatoms. The monoisotopic (exact) mass is 486 g/mol. The van der Waals surface area contributed by atoms with E-state index in [1.165, 1.54) is 0 Å². The van der Waals surface area contributed by atoms with Gasteiger partial charge >= 0.3 is 5.97 Å². The Bertz CT molecular complexity index is 877. The van der Waals surface area contributed by atoms with Gasteiger partial charge < -0.3 is 10.2 Å². The average Bonchev–Trinajstić information content (AvgIpc) is 2.94. The number of aliphatic hydroxyl groups is 1. The van der Waals surface area contributed by atoms with Gasteiger partial charge in [0.1, 0.15) is 0 Å². The van der Waals surface area contributed by atoms with Crippen molar-refractivity contribution in [1.82, 2.24) is 0 Å². The molecule has 0 heterocycles. The Kier molecular flexibility index (Phi) is 8.79. The van der Waals surface area contributed by atoms with E-state index < -0.39 is 12.1 Å². The van der Waals surface area contributed by atoms with Crippen molar-refractivity contribution in [3.63, 3.8) is 0 Å². The van der Waals surface area contributed by atoms with Crippen LogP contribution in [0.1, 0.15) is 29.5 Å². The number of carbonyl (C=O) groups is 1. The van der Waals surface area contributed by atoms with Gasteiger partial charge in [-0.25, -0.2) is 0 Å². The highest BCUT2D eigenvalue weighted by Gasteiger charge is 2.40. The third-order valence-electron chi connectivity index (χ3n) is 5.67. The summed E-state index contributed by atoms with van der Waals surface area (Å²) in [5.74, 6) is 1.09. The number of aliphatic hydroxyl groups excluding tert-OH is 1. The molecule has 0 bridgehead atoms. The highest BCUT2D eigenvalue weighted by molar-refractivity contribution is 7.98. The lowest BCUT2D eigenvalue weighted by molar-refractivity contribution is -0.136. The fourth-order valence-electron chi connectivity index (χ4n) is 4.11. The molecule has 0 amide bonds. The maximum atomic E-state index is 10.9. The lowest BCUT2D eigenvalue weighted by Crippen LogP contribution is -2.23. The van der Waals surface area contributed by atoms with Crippen LogP contribution in [0.3, 0.4) is 0 Å². The molecule has 1 aliphatic carbocycles. The largest absolute Gasteiger partial charge is 0.481 e. The number of hydrogen-bond acceptors (Lipinski definition) is 3. The summed E-state index contributed by atoms with van der Waals surface area (Å²) in [5, 5.41) is 20.8. The van der Waals surface area contributed by atoms with Gasteiger partial charge in [-0.05, 0) is 65.7 Å². The van der Waals surface area contributed by atoms with Gasteiger partial charge in [0.05, 0.1) is 12.5 Å². The van der Waals surface area contributed by atoms with E-state index in [-0.39, 0.29) is 23.6 Å². The van der Waals surface area contributed by atoms with Gasteiger partial charge in [-0.2, -0.15) is 11.8 Å². The first kappa shape index (κ1) is 23.7. The van der Waals surface area contributed by atoms with Crippen LogP contribution in [-0.4, -0.2) is 33.4 Å². The van der Waals surface area contributed by atoms with E-state index in [1.54, 1.807) is 17.8 Å². The number of carboxylic acid groups (broad SMARTS) is 1. The van der Waals surface area contributed by atoms with E-state index in [2.05, 4.69) is 0 Å². The van der Waals surface area contributed by atoms with E-state index in [0.717, 1.165) is 41.0 Å². The van der Waals surface area contributed by atoms with Gasteiger partial charge in [0.25, 0.3) is 0 Å². The van der Waals surface area contributed by atoms with Crippen molar-refractivity contribution >= 4 is 52.5 Å². The fourth-order valence-corrected chi connectivity index (χ4v) is 6.49. The molecule has 2 aromatic rings.